The molecule has 25 heavy (non-hydrogen) atoms. The molecule has 0 aliphatic rings. The number of nitriles is 2. The largest absolute Gasteiger partial charge is 0.322 e. The summed E-state index contributed by atoms with van der Waals surface area (Å²) in [4.78, 5) is 14.7. The third-order valence-corrected chi connectivity index (χ3v) is 4.53. The quantitative estimate of drug-likeness (QED) is 0.796. The molecule has 0 radical (unpaired) electrons. The zero-order valence-corrected chi connectivity index (χ0v) is 14.1. The maximum atomic E-state index is 11.9. The van der Waals surface area contributed by atoms with Gasteiger partial charge in [-0.2, -0.15) is 10.5 Å². The molecule has 4 heteroatoms. The molecule has 2 aromatic carbocycles. The number of benzene rings is 2. The number of hydrogen-bond acceptors (Lipinski definition) is 3. The standard InChI is InChI=1S/C21H17N3O/c1-14-8-17-6-7-18(10-19(17)24-20(14)25)21(2,13-23)11-15-4-3-5-16(9-15)12-22/h3-10H,11H2,1-2H3,(H,24,25)/t21-/m1/s1. The number of nitrogens with one attached hydrogen (secondary N) is 1. The van der Waals surface area contributed by atoms with E-state index in [9.17, 15) is 10.1 Å². The molecule has 122 valence electrons. The van der Waals surface area contributed by atoms with Crippen molar-refractivity contribution in [3.05, 3.63) is 81.1 Å². The highest BCUT2D eigenvalue weighted by Gasteiger charge is 2.27. The summed E-state index contributed by atoms with van der Waals surface area (Å²) in [5.74, 6) is 0. The highest BCUT2D eigenvalue weighted by Crippen LogP contribution is 2.30. The van der Waals surface area contributed by atoms with Gasteiger partial charge in [-0.15, -0.1) is 0 Å². The van der Waals surface area contributed by atoms with Gasteiger partial charge < -0.3 is 4.98 Å². The van der Waals surface area contributed by atoms with Crippen molar-refractivity contribution in [1.82, 2.24) is 4.98 Å². The number of rotatable bonds is 3. The fourth-order valence-corrected chi connectivity index (χ4v) is 3.02. The van der Waals surface area contributed by atoms with E-state index < -0.39 is 5.41 Å². The molecule has 1 N–H and O–H groups in total. The summed E-state index contributed by atoms with van der Waals surface area (Å²) in [6, 6.07) is 19.4. The molecule has 4 nitrogen and oxygen atoms in total. The Morgan fingerprint density at radius 3 is 2.64 bits per heavy atom. The Bertz CT molecular complexity index is 1100. The lowest BCUT2D eigenvalue weighted by molar-refractivity contribution is 0.607. The van der Waals surface area contributed by atoms with E-state index in [0.717, 1.165) is 22.0 Å². The Balaban J connectivity index is 2.06. The van der Waals surface area contributed by atoms with Crippen LogP contribution >= 0.6 is 0 Å². The zero-order valence-electron chi connectivity index (χ0n) is 14.1. The van der Waals surface area contributed by atoms with Crippen LogP contribution in [0.1, 0.15) is 29.2 Å². The second kappa shape index (κ2) is 6.26. The summed E-state index contributed by atoms with van der Waals surface area (Å²) < 4.78 is 0. The van der Waals surface area contributed by atoms with Gasteiger partial charge in [-0.25, -0.2) is 0 Å². The molecule has 0 aliphatic heterocycles. The van der Waals surface area contributed by atoms with Crippen LogP contribution in [0, 0.1) is 29.6 Å². The van der Waals surface area contributed by atoms with E-state index in [1.807, 2.05) is 49.4 Å². The molecule has 3 rings (SSSR count). The predicted molar refractivity (Wildman–Crippen MR) is 97.1 cm³/mol. The third-order valence-electron chi connectivity index (χ3n) is 4.53. The smallest absolute Gasteiger partial charge is 0.251 e. The van der Waals surface area contributed by atoms with Crippen LogP contribution in [-0.2, 0) is 11.8 Å². The van der Waals surface area contributed by atoms with Crippen molar-refractivity contribution in [3.8, 4) is 12.1 Å². The molecule has 0 amide bonds. The Morgan fingerprint density at radius 2 is 1.92 bits per heavy atom. The molecule has 0 fully saturated rings. The lowest BCUT2D eigenvalue weighted by Crippen LogP contribution is -2.23. The van der Waals surface area contributed by atoms with Crippen LogP contribution in [0.5, 0.6) is 0 Å². The van der Waals surface area contributed by atoms with Crippen molar-refractivity contribution in [2.75, 3.05) is 0 Å². The molecule has 0 unspecified atom stereocenters. The minimum atomic E-state index is -0.760. The third kappa shape index (κ3) is 3.16. The molecule has 1 aromatic heterocycles. The zero-order chi connectivity index (χ0) is 18.0. The van der Waals surface area contributed by atoms with Gasteiger partial charge in [0.05, 0.1) is 23.1 Å². The van der Waals surface area contributed by atoms with E-state index in [4.69, 9.17) is 5.26 Å². The fourth-order valence-electron chi connectivity index (χ4n) is 3.02. The summed E-state index contributed by atoms with van der Waals surface area (Å²) in [6.07, 6.45) is 0.487. The summed E-state index contributed by atoms with van der Waals surface area (Å²) in [7, 11) is 0. The Labute approximate surface area is 146 Å². The SMILES string of the molecule is Cc1cc2ccc([C@@](C)(C#N)Cc3cccc(C#N)c3)cc2[nH]c1=O. The van der Waals surface area contributed by atoms with Gasteiger partial charge in [-0.1, -0.05) is 24.3 Å². The number of aryl methyl sites for hydroxylation is 1. The normalized spacial score (nSPS) is 13.0. The first-order valence-corrected chi connectivity index (χ1v) is 8.00. The maximum absolute atomic E-state index is 11.9. The number of H-pyrrole nitrogens is 1. The number of fused-ring (bicyclic) bond motifs is 1. The molecule has 0 saturated carbocycles. The molecule has 0 saturated heterocycles. The molecule has 3 aromatic rings. The summed E-state index contributed by atoms with van der Waals surface area (Å²) >= 11 is 0. The Hall–Kier alpha value is -3.37. The fraction of sp³-hybridized carbons (Fsp3) is 0.190. The topological polar surface area (TPSA) is 80.4 Å². The summed E-state index contributed by atoms with van der Waals surface area (Å²) in [5.41, 5.74) is 2.85. The van der Waals surface area contributed by atoms with Crippen LogP contribution in [0.15, 0.2) is 53.3 Å². The molecule has 0 aliphatic carbocycles. The minimum Gasteiger partial charge on any atom is -0.322 e. The molecule has 1 heterocycles. The molecule has 0 bridgehead atoms. The van der Waals surface area contributed by atoms with E-state index >= 15 is 0 Å². The summed E-state index contributed by atoms with van der Waals surface area (Å²) in [6.45, 7) is 3.65. The van der Waals surface area contributed by atoms with Crippen molar-refractivity contribution in [3.63, 3.8) is 0 Å². The van der Waals surface area contributed by atoms with Crippen LogP contribution in [-0.4, -0.2) is 4.98 Å². The average molecular weight is 327 g/mol. The number of aromatic amines is 1. The lowest BCUT2D eigenvalue weighted by Gasteiger charge is -2.23. The molecule has 0 spiro atoms. The summed E-state index contributed by atoms with van der Waals surface area (Å²) in [5, 5.41) is 19.8. The van der Waals surface area contributed by atoms with Gasteiger partial charge in [0.2, 0.25) is 0 Å². The van der Waals surface area contributed by atoms with Crippen molar-refractivity contribution in [2.45, 2.75) is 25.7 Å². The second-order valence-corrected chi connectivity index (χ2v) is 6.52. The van der Waals surface area contributed by atoms with Gasteiger partial charge in [0.1, 0.15) is 0 Å². The van der Waals surface area contributed by atoms with Gasteiger partial charge in [-0.05, 0) is 61.0 Å². The minimum absolute atomic E-state index is 0.120. The van der Waals surface area contributed by atoms with Crippen molar-refractivity contribution in [2.24, 2.45) is 0 Å². The van der Waals surface area contributed by atoms with Crippen molar-refractivity contribution >= 4 is 10.9 Å². The predicted octanol–water partition coefficient (Wildman–Crippen LogP) is 3.73. The van der Waals surface area contributed by atoms with E-state index in [-0.39, 0.29) is 5.56 Å². The first-order chi connectivity index (χ1) is 11.9. The monoisotopic (exact) mass is 327 g/mol. The van der Waals surface area contributed by atoms with Crippen molar-refractivity contribution < 1.29 is 0 Å². The second-order valence-electron chi connectivity index (χ2n) is 6.52. The van der Waals surface area contributed by atoms with Crippen LogP contribution < -0.4 is 5.56 Å². The lowest BCUT2D eigenvalue weighted by atomic mass is 9.78. The van der Waals surface area contributed by atoms with Crippen LogP contribution in [0.2, 0.25) is 0 Å². The number of nitrogens with zero attached hydrogens (tertiary/aromatic N) is 2. The Morgan fingerprint density at radius 1 is 1.12 bits per heavy atom. The average Bonchev–Trinajstić information content (AvgIpc) is 2.62. The van der Waals surface area contributed by atoms with Gasteiger partial charge in [0.15, 0.2) is 0 Å². The number of hydrogen-bond donors (Lipinski definition) is 1. The van der Waals surface area contributed by atoms with Gasteiger partial charge in [0, 0.05) is 11.1 Å². The van der Waals surface area contributed by atoms with E-state index in [2.05, 4.69) is 17.1 Å². The van der Waals surface area contributed by atoms with Crippen molar-refractivity contribution in [1.29, 1.82) is 10.5 Å². The first-order valence-electron chi connectivity index (χ1n) is 8.00. The highest BCUT2D eigenvalue weighted by molar-refractivity contribution is 5.80. The molecular formula is C21H17N3O. The van der Waals surface area contributed by atoms with E-state index in [1.165, 1.54) is 0 Å². The maximum Gasteiger partial charge on any atom is 0.251 e. The van der Waals surface area contributed by atoms with Crippen LogP contribution in [0.3, 0.4) is 0 Å². The number of pyridine rings is 1. The molecular weight excluding hydrogens is 310 g/mol. The number of aromatic nitrogens is 1. The van der Waals surface area contributed by atoms with Gasteiger partial charge in [-0.3, -0.25) is 4.79 Å². The van der Waals surface area contributed by atoms with Crippen LogP contribution in [0.25, 0.3) is 10.9 Å². The van der Waals surface area contributed by atoms with E-state index in [0.29, 0.717) is 17.5 Å². The van der Waals surface area contributed by atoms with Gasteiger partial charge >= 0.3 is 0 Å². The first kappa shape index (κ1) is 16.5. The van der Waals surface area contributed by atoms with Gasteiger partial charge in [0.25, 0.3) is 5.56 Å². The van der Waals surface area contributed by atoms with E-state index in [1.54, 1.807) is 13.0 Å². The highest BCUT2D eigenvalue weighted by atomic mass is 16.1. The Kier molecular flexibility index (Phi) is 4.13. The van der Waals surface area contributed by atoms with Crippen LogP contribution in [0.4, 0.5) is 0 Å². The molecule has 1 atom stereocenters.